The van der Waals surface area contributed by atoms with E-state index in [9.17, 15) is 4.79 Å². The Balaban J connectivity index is 1.44. The maximum absolute atomic E-state index is 10.9. The van der Waals surface area contributed by atoms with Gasteiger partial charge in [-0.3, -0.25) is 9.69 Å². The van der Waals surface area contributed by atoms with E-state index in [-0.39, 0.29) is 5.92 Å². The topological polar surface area (TPSA) is 79.5 Å². The van der Waals surface area contributed by atoms with Gasteiger partial charge in [0, 0.05) is 31.3 Å². The second kappa shape index (κ2) is 9.92. The third kappa shape index (κ3) is 5.51. The first-order chi connectivity index (χ1) is 15.5. The van der Waals surface area contributed by atoms with Crippen LogP contribution in [0.2, 0.25) is 0 Å². The second-order valence-electron chi connectivity index (χ2n) is 8.84. The van der Waals surface area contributed by atoms with Crippen LogP contribution in [0.5, 0.6) is 0 Å². The van der Waals surface area contributed by atoms with Gasteiger partial charge in [0.15, 0.2) is 0 Å². The molecule has 1 fully saturated rings. The number of hydrogen-bond donors (Lipinski definition) is 1. The molecule has 1 aliphatic heterocycles. The highest BCUT2D eigenvalue weighted by Crippen LogP contribution is 2.27. The first-order valence-electron chi connectivity index (χ1n) is 11.1. The minimum Gasteiger partial charge on any atom is -0.481 e. The number of carbonyl (C=O) groups is 1. The van der Waals surface area contributed by atoms with E-state index in [0.717, 1.165) is 30.5 Å². The van der Waals surface area contributed by atoms with E-state index in [1.807, 2.05) is 48.5 Å². The van der Waals surface area contributed by atoms with Gasteiger partial charge >= 0.3 is 5.97 Å². The molecule has 2 aromatic carbocycles. The fourth-order valence-corrected chi connectivity index (χ4v) is 3.82. The molecule has 0 aliphatic carbocycles. The van der Waals surface area contributed by atoms with Gasteiger partial charge in [0.25, 0.3) is 0 Å². The van der Waals surface area contributed by atoms with Crippen molar-refractivity contribution >= 4 is 17.6 Å². The van der Waals surface area contributed by atoms with Gasteiger partial charge in [0.2, 0.25) is 11.8 Å². The molecule has 2 heterocycles. The Morgan fingerprint density at radius 2 is 1.84 bits per heavy atom. The van der Waals surface area contributed by atoms with E-state index in [2.05, 4.69) is 41.1 Å². The summed E-state index contributed by atoms with van der Waals surface area (Å²) in [6.45, 7) is 6.42. The first-order valence-corrected chi connectivity index (χ1v) is 11.1. The van der Waals surface area contributed by atoms with Gasteiger partial charge in [0.05, 0.1) is 5.92 Å². The molecule has 0 bridgehead atoms. The largest absolute Gasteiger partial charge is 0.481 e. The third-order valence-corrected chi connectivity index (χ3v) is 5.79. The molecule has 1 N–H and O–H groups in total. The summed E-state index contributed by atoms with van der Waals surface area (Å²) in [7, 11) is 0. The number of carboxylic acid groups (broad SMARTS) is 1. The Morgan fingerprint density at radius 1 is 1.12 bits per heavy atom. The van der Waals surface area contributed by atoms with E-state index in [4.69, 9.17) is 9.52 Å². The molecule has 32 heavy (non-hydrogen) atoms. The van der Waals surface area contributed by atoms with Crippen molar-refractivity contribution < 1.29 is 14.3 Å². The molecule has 1 aliphatic rings. The van der Waals surface area contributed by atoms with Crippen LogP contribution >= 0.6 is 0 Å². The zero-order chi connectivity index (χ0) is 22.5. The zero-order valence-corrected chi connectivity index (χ0v) is 18.6. The molecule has 3 aromatic rings. The van der Waals surface area contributed by atoms with E-state index >= 15 is 0 Å². The monoisotopic (exact) mass is 431 g/mol. The van der Waals surface area contributed by atoms with Crippen LogP contribution in [-0.4, -0.2) is 39.3 Å². The number of aromatic nitrogens is 2. The van der Waals surface area contributed by atoms with E-state index < -0.39 is 5.97 Å². The molecule has 0 radical (unpaired) electrons. The predicted octanol–water partition coefficient (Wildman–Crippen LogP) is 5.23. The average molecular weight is 432 g/mol. The molecule has 0 saturated carbocycles. The van der Waals surface area contributed by atoms with Crippen molar-refractivity contribution in [2.45, 2.75) is 33.2 Å². The van der Waals surface area contributed by atoms with Gasteiger partial charge in [0.1, 0.15) is 0 Å². The number of carboxylic acids is 1. The van der Waals surface area contributed by atoms with Crippen molar-refractivity contribution in [1.82, 2.24) is 15.1 Å². The Morgan fingerprint density at radius 3 is 2.50 bits per heavy atom. The fourth-order valence-electron chi connectivity index (χ4n) is 3.82. The van der Waals surface area contributed by atoms with Crippen LogP contribution in [0.3, 0.4) is 0 Å². The maximum atomic E-state index is 10.9. The molecule has 1 aromatic heterocycles. The Bertz CT molecular complexity index is 1070. The van der Waals surface area contributed by atoms with Crippen molar-refractivity contribution in [1.29, 1.82) is 0 Å². The molecular formula is C26H29N3O3. The van der Waals surface area contributed by atoms with Gasteiger partial charge in [-0.05, 0) is 47.6 Å². The number of rotatable bonds is 9. The van der Waals surface area contributed by atoms with Crippen LogP contribution in [0.4, 0.5) is 0 Å². The number of benzene rings is 2. The summed E-state index contributed by atoms with van der Waals surface area (Å²) in [5.41, 5.74) is 4.38. The van der Waals surface area contributed by atoms with E-state index in [1.165, 1.54) is 11.1 Å². The highest BCUT2D eigenvalue weighted by molar-refractivity contribution is 5.79. The first kappa shape index (κ1) is 22.0. The van der Waals surface area contributed by atoms with Gasteiger partial charge < -0.3 is 9.52 Å². The van der Waals surface area contributed by atoms with Crippen molar-refractivity contribution in [3.05, 3.63) is 71.6 Å². The molecule has 0 atom stereocenters. The SMILES string of the molecule is CC(C)CC/C(=C\c1nnc(-c2ccc(CN3CC(C(=O)O)C3)cc2)o1)c1ccccc1. The molecule has 6 heteroatoms. The summed E-state index contributed by atoms with van der Waals surface area (Å²) in [6, 6.07) is 18.3. The standard InChI is InChI=1S/C26H29N3O3/c1-18(2)8-11-22(20-6-4-3-5-7-20)14-24-27-28-25(32-24)21-12-9-19(10-13-21)15-29-16-23(17-29)26(30)31/h3-7,9-10,12-14,18,23H,8,11,15-17H2,1-2H3,(H,30,31)/b22-14+. The minimum atomic E-state index is -0.711. The second-order valence-corrected chi connectivity index (χ2v) is 8.84. The molecule has 4 rings (SSSR count). The normalized spacial score (nSPS) is 15.2. The lowest BCUT2D eigenvalue weighted by Crippen LogP contribution is -2.49. The molecule has 166 valence electrons. The number of likely N-dealkylation sites (tertiary alicyclic amines) is 1. The summed E-state index contributed by atoms with van der Waals surface area (Å²) in [4.78, 5) is 13.1. The Kier molecular flexibility index (Phi) is 6.81. The van der Waals surface area contributed by atoms with Crippen LogP contribution < -0.4 is 0 Å². The number of nitrogens with zero attached hydrogens (tertiary/aromatic N) is 3. The minimum absolute atomic E-state index is 0.236. The molecule has 0 unspecified atom stereocenters. The van der Waals surface area contributed by atoms with Crippen LogP contribution in [0.1, 0.15) is 43.7 Å². The molecule has 1 saturated heterocycles. The van der Waals surface area contributed by atoms with Crippen LogP contribution in [0, 0.1) is 11.8 Å². The maximum Gasteiger partial charge on any atom is 0.309 e. The van der Waals surface area contributed by atoms with Gasteiger partial charge in [-0.25, -0.2) is 0 Å². The van der Waals surface area contributed by atoms with E-state index in [1.54, 1.807) is 0 Å². The summed E-state index contributed by atoms with van der Waals surface area (Å²) >= 11 is 0. The summed E-state index contributed by atoms with van der Waals surface area (Å²) in [5.74, 6) is 0.670. The molecule has 0 amide bonds. The quantitative estimate of drug-likeness (QED) is 0.500. The average Bonchev–Trinajstić information content (AvgIpc) is 3.22. The molecule has 0 spiro atoms. The Hall–Kier alpha value is -3.25. The summed E-state index contributed by atoms with van der Waals surface area (Å²) < 4.78 is 5.95. The third-order valence-electron chi connectivity index (χ3n) is 5.79. The Labute approximate surface area is 188 Å². The predicted molar refractivity (Wildman–Crippen MR) is 125 cm³/mol. The number of aliphatic carboxylic acids is 1. The smallest absolute Gasteiger partial charge is 0.309 e. The highest BCUT2D eigenvalue weighted by Gasteiger charge is 2.32. The fraction of sp³-hybridized carbons (Fsp3) is 0.346. The van der Waals surface area contributed by atoms with E-state index in [0.29, 0.717) is 30.8 Å². The lowest BCUT2D eigenvalue weighted by Gasteiger charge is -2.36. The van der Waals surface area contributed by atoms with Gasteiger partial charge in [-0.1, -0.05) is 56.3 Å². The van der Waals surface area contributed by atoms with Crippen molar-refractivity contribution in [3.8, 4) is 11.5 Å². The number of allylic oxidation sites excluding steroid dienone is 1. The number of hydrogen-bond acceptors (Lipinski definition) is 5. The molecular weight excluding hydrogens is 402 g/mol. The summed E-state index contributed by atoms with van der Waals surface area (Å²) in [5, 5.41) is 17.5. The van der Waals surface area contributed by atoms with Crippen LogP contribution in [-0.2, 0) is 11.3 Å². The molecule has 6 nitrogen and oxygen atoms in total. The van der Waals surface area contributed by atoms with Gasteiger partial charge in [-0.15, -0.1) is 10.2 Å². The van der Waals surface area contributed by atoms with Crippen molar-refractivity contribution in [3.63, 3.8) is 0 Å². The lowest BCUT2D eigenvalue weighted by atomic mass is 9.97. The van der Waals surface area contributed by atoms with Crippen molar-refractivity contribution in [2.24, 2.45) is 11.8 Å². The highest BCUT2D eigenvalue weighted by atomic mass is 16.4. The van der Waals surface area contributed by atoms with Crippen LogP contribution in [0.25, 0.3) is 23.1 Å². The zero-order valence-electron chi connectivity index (χ0n) is 18.6. The van der Waals surface area contributed by atoms with Crippen molar-refractivity contribution in [2.75, 3.05) is 13.1 Å². The van der Waals surface area contributed by atoms with Gasteiger partial charge in [-0.2, -0.15) is 0 Å². The van der Waals surface area contributed by atoms with Crippen LogP contribution in [0.15, 0.2) is 59.0 Å². The summed E-state index contributed by atoms with van der Waals surface area (Å²) in [6.07, 6.45) is 4.03. The lowest BCUT2D eigenvalue weighted by molar-refractivity contribution is -0.147.